The monoisotopic (exact) mass is 557 g/mol. The lowest BCUT2D eigenvalue weighted by atomic mass is 10.1. The summed E-state index contributed by atoms with van der Waals surface area (Å²) in [5, 5.41) is 9.06. The average molecular weight is 559 g/mol. The Bertz CT molecular complexity index is 1510. The van der Waals surface area contributed by atoms with Gasteiger partial charge in [-0.25, -0.2) is 17.7 Å². The molecule has 3 aromatic heterocycles. The number of anilines is 1. The molecule has 9 nitrogen and oxygen atoms in total. The van der Waals surface area contributed by atoms with Crippen molar-refractivity contribution in [2.45, 2.75) is 39.3 Å². The Labute approximate surface area is 212 Å². The second-order valence-corrected chi connectivity index (χ2v) is 12.0. The van der Waals surface area contributed by atoms with Crippen LogP contribution in [0.3, 0.4) is 0 Å². The van der Waals surface area contributed by atoms with Gasteiger partial charge >= 0.3 is 0 Å². The molecule has 1 aliphatic rings. The molecule has 1 aromatic carbocycles. The fourth-order valence-corrected chi connectivity index (χ4v) is 6.05. The molecule has 35 heavy (non-hydrogen) atoms. The summed E-state index contributed by atoms with van der Waals surface area (Å²) in [4.78, 5) is 9.51. The number of nitrogens with two attached hydrogens (primary N) is 1. The standard InChI is InChI=1S/C24H28BrN7O2S/c1-3-35(33,34)31-8-6-18(7-9-31)27-14-21-22(25)23(26)32-24(30-21)19(13-29-32)17-11-16-10-15(2)4-5-20(16)28-12-17/h4-5,10-13,18,27H,3,6-9,14,26H2,1-2H3. The van der Waals surface area contributed by atoms with E-state index in [4.69, 9.17) is 10.7 Å². The van der Waals surface area contributed by atoms with Crippen molar-refractivity contribution in [3.05, 3.63) is 52.4 Å². The summed E-state index contributed by atoms with van der Waals surface area (Å²) in [6, 6.07) is 8.49. The van der Waals surface area contributed by atoms with Crippen LogP contribution in [-0.2, 0) is 16.6 Å². The van der Waals surface area contributed by atoms with E-state index in [0.29, 0.717) is 35.6 Å². The van der Waals surface area contributed by atoms with Crippen molar-refractivity contribution in [3.8, 4) is 11.1 Å². The van der Waals surface area contributed by atoms with E-state index in [-0.39, 0.29) is 11.8 Å². The van der Waals surface area contributed by atoms with Gasteiger partial charge in [0, 0.05) is 48.4 Å². The minimum absolute atomic E-state index is 0.140. The van der Waals surface area contributed by atoms with Crippen LogP contribution in [0.15, 0.2) is 41.1 Å². The van der Waals surface area contributed by atoms with E-state index < -0.39 is 10.0 Å². The molecule has 0 radical (unpaired) electrons. The number of benzene rings is 1. The zero-order valence-corrected chi connectivity index (χ0v) is 22.1. The van der Waals surface area contributed by atoms with E-state index >= 15 is 0 Å². The van der Waals surface area contributed by atoms with Gasteiger partial charge in [0.05, 0.1) is 27.6 Å². The number of rotatable bonds is 6. The largest absolute Gasteiger partial charge is 0.383 e. The Morgan fingerprint density at radius 3 is 2.71 bits per heavy atom. The molecule has 0 amide bonds. The maximum atomic E-state index is 12.1. The molecule has 184 valence electrons. The second kappa shape index (κ2) is 9.45. The zero-order valence-electron chi connectivity index (χ0n) is 19.7. The Hall–Kier alpha value is -2.60. The highest BCUT2D eigenvalue weighted by Gasteiger charge is 2.27. The molecule has 11 heteroatoms. The van der Waals surface area contributed by atoms with Crippen molar-refractivity contribution in [3.63, 3.8) is 0 Å². The van der Waals surface area contributed by atoms with Gasteiger partial charge in [-0.1, -0.05) is 11.6 Å². The van der Waals surface area contributed by atoms with Gasteiger partial charge in [-0.15, -0.1) is 0 Å². The number of aryl methyl sites for hydroxylation is 1. The molecule has 0 spiro atoms. The lowest BCUT2D eigenvalue weighted by Gasteiger charge is -2.31. The molecular weight excluding hydrogens is 530 g/mol. The van der Waals surface area contributed by atoms with Crippen LogP contribution in [-0.4, -0.2) is 57.2 Å². The van der Waals surface area contributed by atoms with Gasteiger partial charge in [-0.2, -0.15) is 9.61 Å². The number of pyridine rings is 1. The predicted molar refractivity (Wildman–Crippen MR) is 141 cm³/mol. The fraction of sp³-hybridized carbons (Fsp3) is 0.375. The first kappa shape index (κ1) is 24.1. The maximum Gasteiger partial charge on any atom is 0.213 e. The normalized spacial score (nSPS) is 15.9. The van der Waals surface area contributed by atoms with Gasteiger partial charge in [-0.3, -0.25) is 4.98 Å². The number of hydrogen-bond donors (Lipinski definition) is 2. The first-order valence-corrected chi connectivity index (χ1v) is 14.1. The topological polar surface area (TPSA) is 119 Å². The Morgan fingerprint density at radius 1 is 1.20 bits per heavy atom. The fourth-order valence-electron chi connectivity index (χ4n) is 4.52. The van der Waals surface area contributed by atoms with E-state index in [1.165, 1.54) is 5.56 Å². The summed E-state index contributed by atoms with van der Waals surface area (Å²) in [5.74, 6) is 0.618. The molecule has 5 rings (SSSR count). The number of halogens is 1. The molecular formula is C24H28BrN7O2S. The summed E-state index contributed by atoms with van der Waals surface area (Å²) >= 11 is 3.59. The number of nitrogens with zero attached hydrogens (tertiary/aromatic N) is 5. The van der Waals surface area contributed by atoms with Crippen LogP contribution in [0.1, 0.15) is 31.0 Å². The van der Waals surface area contributed by atoms with E-state index in [9.17, 15) is 8.42 Å². The number of nitrogen functional groups attached to an aromatic ring is 1. The Morgan fingerprint density at radius 2 is 1.97 bits per heavy atom. The van der Waals surface area contributed by atoms with Crippen molar-refractivity contribution in [1.29, 1.82) is 0 Å². The molecule has 4 heterocycles. The van der Waals surface area contributed by atoms with Crippen LogP contribution in [0.2, 0.25) is 0 Å². The first-order valence-electron chi connectivity index (χ1n) is 11.7. The Balaban J connectivity index is 1.40. The summed E-state index contributed by atoms with van der Waals surface area (Å²) in [7, 11) is -3.14. The van der Waals surface area contributed by atoms with E-state index in [0.717, 1.165) is 40.6 Å². The average Bonchev–Trinajstić information content (AvgIpc) is 3.29. The number of hydrogen-bond acceptors (Lipinski definition) is 7. The van der Waals surface area contributed by atoms with E-state index in [1.54, 1.807) is 21.9 Å². The van der Waals surface area contributed by atoms with Gasteiger partial charge < -0.3 is 11.1 Å². The van der Waals surface area contributed by atoms with Crippen molar-refractivity contribution in [1.82, 2.24) is 29.2 Å². The molecule has 0 atom stereocenters. The zero-order chi connectivity index (χ0) is 24.7. The minimum Gasteiger partial charge on any atom is -0.383 e. The molecule has 1 saturated heterocycles. The third-order valence-electron chi connectivity index (χ3n) is 6.61. The number of piperidine rings is 1. The number of fused-ring (bicyclic) bond motifs is 2. The van der Waals surface area contributed by atoms with Gasteiger partial charge in [0.15, 0.2) is 5.65 Å². The van der Waals surface area contributed by atoms with Gasteiger partial charge in [0.25, 0.3) is 0 Å². The van der Waals surface area contributed by atoms with Crippen LogP contribution in [0.25, 0.3) is 27.7 Å². The van der Waals surface area contributed by atoms with Gasteiger partial charge in [-0.05, 0) is 60.8 Å². The van der Waals surface area contributed by atoms with Crippen LogP contribution in [0.5, 0.6) is 0 Å². The highest BCUT2D eigenvalue weighted by molar-refractivity contribution is 9.10. The summed E-state index contributed by atoms with van der Waals surface area (Å²) in [6.45, 7) is 5.32. The van der Waals surface area contributed by atoms with Crippen molar-refractivity contribution < 1.29 is 8.42 Å². The van der Waals surface area contributed by atoms with Gasteiger partial charge in [0.1, 0.15) is 5.82 Å². The van der Waals surface area contributed by atoms with Crippen LogP contribution in [0, 0.1) is 6.92 Å². The quantitative estimate of drug-likeness (QED) is 0.372. The highest BCUT2D eigenvalue weighted by atomic mass is 79.9. The summed E-state index contributed by atoms with van der Waals surface area (Å²) in [5.41, 5.74) is 11.8. The van der Waals surface area contributed by atoms with Crippen LogP contribution >= 0.6 is 15.9 Å². The maximum absolute atomic E-state index is 12.1. The predicted octanol–water partition coefficient (Wildman–Crippen LogP) is 3.50. The smallest absolute Gasteiger partial charge is 0.213 e. The van der Waals surface area contributed by atoms with Crippen molar-refractivity contribution in [2.24, 2.45) is 0 Å². The molecule has 0 bridgehead atoms. The van der Waals surface area contributed by atoms with Gasteiger partial charge in [0.2, 0.25) is 10.0 Å². The molecule has 4 aromatic rings. The molecule has 0 aliphatic carbocycles. The third-order valence-corrected chi connectivity index (χ3v) is 9.35. The summed E-state index contributed by atoms with van der Waals surface area (Å²) < 4.78 is 28.2. The SMILES string of the molecule is CCS(=O)(=O)N1CCC(NCc2nc3c(-c4cnc5ccc(C)cc5c4)cnn3c(N)c2Br)CC1. The van der Waals surface area contributed by atoms with Crippen LogP contribution < -0.4 is 11.1 Å². The lowest BCUT2D eigenvalue weighted by molar-refractivity contribution is 0.288. The number of nitrogens with one attached hydrogen (secondary N) is 1. The number of sulfonamides is 1. The molecule has 1 fully saturated rings. The minimum atomic E-state index is -3.14. The molecule has 0 saturated carbocycles. The molecule has 3 N–H and O–H groups in total. The lowest BCUT2D eigenvalue weighted by Crippen LogP contribution is -2.45. The van der Waals surface area contributed by atoms with Crippen molar-refractivity contribution >= 4 is 48.3 Å². The molecule has 0 unspecified atom stereocenters. The van der Waals surface area contributed by atoms with Crippen LogP contribution in [0.4, 0.5) is 5.82 Å². The van der Waals surface area contributed by atoms with E-state index in [1.807, 2.05) is 12.3 Å². The first-order chi connectivity index (χ1) is 16.8. The third kappa shape index (κ3) is 4.65. The van der Waals surface area contributed by atoms with E-state index in [2.05, 4.69) is 56.5 Å². The highest BCUT2D eigenvalue weighted by Crippen LogP contribution is 2.31. The Kier molecular flexibility index (Phi) is 6.51. The second-order valence-electron chi connectivity index (χ2n) is 8.93. The summed E-state index contributed by atoms with van der Waals surface area (Å²) in [6.07, 6.45) is 5.12. The molecule has 1 aliphatic heterocycles. The van der Waals surface area contributed by atoms with Crippen molar-refractivity contribution in [2.75, 3.05) is 24.6 Å². The number of aromatic nitrogens is 4.